The topological polar surface area (TPSA) is 21.7 Å². The van der Waals surface area contributed by atoms with Gasteiger partial charge in [-0.1, -0.05) is 36.4 Å². The van der Waals surface area contributed by atoms with Gasteiger partial charge in [-0.15, -0.1) is 0 Å². The first kappa shape index (κ1) is 17.3. The SMILES string of the molecule is COc1c(C)cc(C2=CC3COCC(C2)N3Cc2ccccc2)cc1C. The van der Waals surface area contributed by atoms with Crippen molar-refractivity contribution in [3.05, 3.63) is 70.8 Å². The highest BCUT2D eigenvalue weighted by Gasteiger charge is 2.35. The van der Waals surface area contributed by atoms with Crippen molar-refractivity contribution in [1.29, 1.82) is 0 Å². The maximum Gasteiger partial charge on any atom is 0.124 e. The average Bonchev–Trinajstić information content (AvgIpc) is 2.62. The molecule has 2 aromatic rings. The summed E-state index contributed by atoms with van der Waals surface area (Å²) in [5.74, 6) is 0.999. The molecule has 0 saturated carbocycles. The number of methoxy groups -OCH3 is 1. The Kier molecular flexibility index (Phi) is 4.84. The van der Waals surface area contributed by atoms with Crippen molar-refractivity contribution in [2.24, 2.45) is 0 Å². The molecule has 2 bridgehead atoms. The van der Waals surface area contributed by atoms with E-state index in [-0.39, 0.29) is 0 Å². The van der Waals surface area contributed by atoms with Crippen molar-refractivity contribution in [3.63, 3.8) is 0 Å². The molecule has 4 rings (SSSR count). The monoisotopic (exact) mass is 349 g/mol. The highest BCUT2D eigenvalue weighted by Crippen LogP contribution is 2.36. The molecular weight excluding hydrogens is 322 g/mol. The Labute approximate surface area is 156 Å². The van der Waals surface area contributed by atoms with E-state index in [2.05, 4.69) is 67.3 Å². The molecule has 3 heteroatoms. The molecule has 0 amide bonds. The third-order valence-corrected chi connectivity index (χ3v) is 5.59. The number of nitrogens with zero attached hydrogens (tertiary/aromatic N) is 1. The average molecular weight is 349 g/mol. The third-order valence-electron chi connectivity index (χ3n) is 5.59. The van der Waals surface area contributed by atoms with E-state index in [1.165, 1.54) is 27.8 Å². The van der Waals surface area contributed by atoms with E-state index in [4.69, 9.17) is 9.47 Å². The predicted octanol–water partition coefficient (Wildman–Crippen LogP) is 4.37. The summed E-state index contributed by atoms with van der Waals surface area (Å²) in [5, 5.41) is 0. The van der Waals surface area contributed by atoms with Crippen LogP contribution in [0.3, 0.4) is 0 Å². The van der Waals surface area contributed by atoms with Gasteiger partial charge in [-0.2, -0.15) is 0 Å². The van der Waals surface area contributed by atoms with Crippen molar-refractivity contribution in [2.45, 2.75) is 38.9 Å². The van der Waals surface area contributed by atoms with Crippen LogP contribution in [0, 0.1) is 13.8 Å². The first-order chi connectivity index (χ1) is 12.7. The molecule has 2 atom stereocenters. The lowest BCUT2D eigenvalue weighted by molar-refractivity contribution is -0.0402. The number of hydrogen-bond acceptors (Lipinski definition) is 3. The van der Waals surface area contributed by atoms with Crippen molar-refractivity contribution >= 4 is 5.57 Å². The molecule has 0 radical (unpaired) electrons. The van der Waals surface area contributed by atoms with E-state index < -0.39 is 0 Å². The number of ether oxygens (including phenoxy) is 2. The zero-order chi connectivity index (χ0) is 18.1. The van der Waals surface area contributed by atoms with Crippen molar-refractivity contribution in [3.8, 4) is 5.75 Å². The van der Waals surface area contributed by atoms with Gasteiger partial charge in [-0.05, 0) is 60.2 Å². The van der Waals surface area contributed by atoms with Crippen LogP contribution >= 0.6 is 0 Å². The van der Waals surface area contributed by atoms with Crippen LogP contribution in [0.2, 0.25) is 0 Å². The van der Waals surface area contributed by atoms with Crippen LogP contribution in [0.5, 0.6) is 5.75 Å². The molecule has 2 heterocycles. The highest BCUT2D eigenvalue weighted by atomic mass is 16.5. The molecule has 0 aromatic heterocycles. The van der Waals surface area contributed by atoms with E-state index >= 15 is 0 Å². The van der Waals surface area contributed by atoms with Crippen LogP contribution in [0.15, 0.2) is 48.5 Å². The van der Waals surface area contributed by atoms with Crippen LogP contribution in [0.1, 0.15) is 28.7 Å². The molecule has 3 nitrogen and oxygen atoms in total. The molecule has 0 N–H and O–H groups in total. The second-order valence-electron chi connectivity index (χ2n) is 7.46. The second-order valence-corrected chi connectivity index (χ2v) is 7.46. The predicted molar refractivity (Wildman–Crippen MR) is 105 cm³/mol. The smallest absolute Gasteiger partial charge is 0.124 e. The third kappa shape index (κ3) is 3.29. The van der Waals surface area contributed by atoms with Crippen LogP contribution in [-0.2, 0) is 11.3 Å². The molecule has 26 heavy (non-hydrogen) atoms. The molecule has 0 spiro atoms. The van der Waals surface area contributed by atoms with Gasteiger partial charge in [0.1, 0.15) is 5.75 Å². The van der Waals surface area contributed by atoms with Gasteiger partial charge in [-0.25, -0.2) is 0 Å². The molecular formula is C23H27NO2. The molecule has 136 valence electrons. The number of fused-ring (bicyclic) bond motifs is 2. The van der Waals surface area contributed by atoms with Gasteiger partial charge in [0.05, 0.1) is 26.4 Å². The Balaban J connectivity index is 1.62. The molecule has 0 aliphatic carbocycles. The van der Waals surface area contributed by atoms with Crippen molar-refractivity contribution in [2.75, 3.05) is 20.3 Å². The lowest BCUT2D eigenvalue weighted by Gasteiger charge is -2.45. The number of hydrogen-bond donors (Lipinski definition) is 0. The summed E-state index contributed by atoms with van der Waals surface area (Å²) in [4.78, 5) is 2.60. The van der Waals surface area contributed by atoms with E-state index in [9.17, 15) is 0 Å². The zero-order valence-electron chi connectivity index (χ0n) is 15.9. The maximum absolute atomic E-state index is 5.87. The fourth-order valence-electron chi connectivity index (χ4n) is 4.37. The first-order valence-corrected chi connectivity index (χ1v) is 9.39. The molecule has 2 aliphatic rings. The standard InChI is InChI=1S/C23H27NO2/c1-16-9-19(10-17(2)23(16)25-3)20-11-21-14-26-15-22(12-20)24(21)13-18-7-5-4-6-8-18/h4-11,21-22H,12-15H2,1-3H3. The van der Waals surface area contributed by atoms with Gasteiger partial charge >= 0.3 is 0 Å². The van der Waals surface area contributed by atoms with Gasteiger partial charge < -0.3 is 9.47 Å². The van der Waals surface area contributed by atoms with E-state index in [1.54, 1.807) is 7.11 Å². The van der Waals surface area contributed by atoms with Crippen molar-refractivity contribution < 1.29 is 9.47 Å². The minimum atomic E-state index is 0.348. The van der Waals surface area contributed by atoms with Gasteiger partial charge in [0.25, 0.3) is 0 Å². The van der Waals surface area contributed by atoms with Crippen LogP contribution in [-0.4, -0.2) is 37.3 Å². The summed E-state index contributed by atoms with van der Waals surface area (Å²) < 4.78 is 11.4. The largest absolute Gasteiger partial charge is 0.496 e. The lowest BCUT2D eigenvalue weighted by Crippen LogP contribution is -2.53. The number of rotatable bonds is 4. The molecule has 2 aromatic carbocycles. The van der Waals surface area contributed by atoms with Crippen LogP contribution in [0.25, 0.3) is 5.57 Å². The number of aryl methyl sites for hydroxylation is 2. The van der Waals surface area contributed by atoms with Gasteiger partial charge in [-0.3, -0.25) is 4.90 Å². The second kappa shape index (κ2) is 7.26. The fourth-order valence-corrected chi connectivity index (χ4v) is 4.37. The Morgan fingerprint density at radius 1 is 1.08 bits per heavy atom. The summed E-state index contributed by atoms with van der Waals surface area (Å²) in [6.07, 6.45) is 3.45. The van der Waals surface area contributed by atoms with E-state index in [0.717, 1.165) is 31.9 Å². The quantitative estimate of drug-likeness (QED) is 0.818. The molecule has 1 saturated heterocycles. The summed E-state index contributed by atoms with van der Waals surface area (Å²) in [6.45, 7) is 6.84. The summed E-state index contributed by atoms with van der Waals surface area (Å²) in [6, 6.07) is 16.1. The Morgan fingerprint density at radius 2 is 1.81 bits per heavy atom. The Bertz CT molecular complexity index is 789. The molecule has 2 aliphatic heterocycles. The van der Waals surface area contributed by atoms with Gasteiger partial charge in [0, 0.05) is 12.6 Å². The molecule has 1 fully saturated rings. The zero-order valence-corrected chi connectivity index (χ0v) is 15.9. The van der Waals surface area contributed by atoms with E-state index in [0.29, 0.717) is 12.1 Å². The fraction of sp³-hybridized carbons (Fsp3) is 0.391. The Hall–Kier alpha value is -2.10. The van der Waals surface area contributed by atoms with Crippen LogP contribution < -0.4 is 4.74 Å². The molecule has 2 unspecified atom stereocenters. The van der Waals surface area contributed by atoms with Crippen LogP contribution in [0.4, 0.5) is 0 Å². The number of benzene rings is 2. The van der Waals surface area contributed by atoms with Crippen molar-refractivity contribution in [1.82, 2.24) is 4.90 Å². The first-order valence-electron chi connectivity index (χ1n) is 9.39. The number of morpholine rings is 1. The summed E-state index contributed by atoms with van der Waals surface area (Å²) in [7, 11) is 1.75. The van der Waals surface area contributed by atoms with Gasteiger partial charge in [0.2, 0.25) is 0 Å². The minimum absolute atomic E-state index is 0.348. The van der Waals surface area contributed by atoms with Gasteiger partial charge in [0.15, 0.2) is 0 Å². The Morgan fingerprint density at radius 3 is 2.46 bits per heavy atom. The van der Waals surface area contributed by atoms with E-state index in [1.807, 2.05) is 0 Å². The normalized spacial score (nSPS) is 22.8. The lowest BCUT2D eigenvalue weighted by atomic mass is 9.88. The minimum Gasteiger partial charge on any atom is -0.496 e. The highest BCUT2D eigenvalue weighted by molar-refractivity contribution is 5.70. The summed E-state index contributed by atoms with van der Waals surface area (Å²) in [5.41, 5.74) is 6.56. The summed E-state index contributed by atoms with van der Waals surface area (Å²) >= 11 is 0. The maximum atomic E-state index is 5.87.